The third kappa shape index (κ3) is 2.52. The number of aromatic nitrogens is 2. The number of fused-ring (bicyclic) bond motifs is 1. The minimum Gasteiger partial charge on any atom is -0.338 e. The fourth-order valence-electron chi connectivity index (χ4n) is 1.45. The first-order chi connectivity index (χ1) is 7.59. The van der Waals surface area contributed by atoms with Crippen LogP contribution in [-0.2, 0) is 4.79 Å². The molecular formula is C11H10LiN3O2. The van der Waals surface area contributed by atoms with E-state index in [1.54, 1.807) is 24.3 Å². The minimum atomic E-state index is -0.343. The maximum absolute atomic E-state index is 12.0. The summed E-state index contributed by atoms with van der Waals surface area (Å²) in [5.74, 6) is -0.136. The maximum atomic E-state index is 12.0. The molecule has 5 nitrogen and oxygen atoms in total. The van der Waals surface area contributed by atoms with Crippen molar-refractivity contribution < 1.29 is 23.7 Å². The average Bonchev–Trinajstić information content (AvgIpc) is 2.24. The summed E-state index contributed by atoms with van der Waals surface area (Å²) in [5, 5.41) is 0.448. The number of rotatable bonds is 1. The van der Waals surface area contributed by atoms with Crippen LogP contribution in [0.3, 0.4) is 0 Å². The number of amides is 1. The molecule has 1 N–H and O–H groups in total. The zero-order valence-corrected chi connectivity index (χ0v) is 9.73. The molecule has 0 fully saturated rings. The molecule has 0 aliphatic rings. The van der Waals surface area contributed by atoms with Gasteiger partial charge in [0.15, 0.2) is 0 Å². The molecule has 82 valence electrons. The van der Waals surface area contributed by atoms with Gasteiger partial charge < -0.3 is 6.92 Å². The number of hydrogen-bond acceptors (Lipinski definition) is 3. The van der Waals surface area contributed by atoms with E-state index in [4.69, 9.17) is 0 Å². The van der Waals surface area contributed by atoms with Crippen molar-refractivity contribution in [1.82, 2.24) is 9.66 Å². The topological polar surface area (TPSA) is 64.0 Å². The zero-order chi connectivity index (χ0) is 11.7. The number of nitrogens with zero attached hydrogens (tertiary/aromatic N) is 2. The second kappa shape index (κ2) is 5.08. The van der Waals surface area contributed by atoms with Gasteiger partial charge in [0.25, 0.3) is 5.56 Å². The van der Waals surface area contributed by atoms with E-state index in [9.17, 15) is 9.59 Å². The maximum Gasteiger partial charge on any atom is 1.00 e. The molecule has 1 aromatic heterocycles. The summed E-state index contributed by atoms with van der Waals surface area (Å²) in [6.45, 7) is 4.94. The molecule has 0 spiro atoms. The van der Waals surface area contributed by atoms with Crippen LogP contribution in [0, 0.1) is 6.92 Å². The summed E-state index contributed by atoms with van der Waals surface area (Å²) < 4.78 is 1.05. The van der Waals surface area contributed by atoms with Gasteiger partial charge in [-0.25, -0.2) is 4.68 Å². The molecule has 0 unspecified atom stereocenters. The molecule has 0 saturated heterocycles. The molecule has 1 heterocycles. The van der Waals surface area contributed by atoms with Gasteiger partial charge in [-0.2, -0.15) is 0 Å². The quantitative estimate of drug-likeness (QED) is 0.436. The van der Waals surface area contributed by atoms with Crippen molar-refractivity contribution in [2.24, 2.45) is 0 Å². The molecule has 2 rings (SSSR count). The summed E-state index contributed by atoms with van der Waals surface area (Å²) >= 11 is 0. The molecule has 0 bridgehead atoms. The molecule has 2 aromatic rings. The predicted octanol–water partition coefficient (Wildman–Crippen LogP) is -2.33. The second-order valence-electron chi connectivity index (χ2n) is 3.35. The Hall–Kier alpha value is -1.70. The average molecular weight is 223 g/mol. The Morgan fingerprint density at radius 3 is 2.71 bits per heavy atom. The standard InChI is InChI=1S/C11H10N3O2.Li/c1-7-12-10-6-4-3-5-9(10)11(16)14(7)13-8(2)15;/h3-6H,1H2,2H3,(H,13,15);/q-1;+1. The monoisotopic (exact) mass is 223 g/mol. The van der Waals surface area contributed by atoms with Gasteiger partial charge in [0, 0.05) is 6.92 Å². The number of benzene rings is 1. The third-order valence-corrected chi connectivity index (χ3v) is 2.11. The summed E-state index contributed by atoms with van der Waals surface area (Å²) in [6, 6.07) is 6.91. The predicted molar refractivity (Wildman–Crippen MR) is 60.5 cm³/mol. The first kappa shape index (κ1) is 13.4. The molecule has 0 radical (unpaired) electrons. The number of carbonyl (C=O) groups is 1. The molecule has 6 heteroatoms. The number of hydrogen-bond donors (Lipinski definition) is 1. The van der Waals surface area contributed by atoms with Gasteiger partial charge in [0.1, 0.15) is 0 Å². The van der Waals surface area contributed by atoms with Gasteiger partial charge in [-0.15, -0.1) is 0 Å². The van der Waals surface area contributed by atoms with Crippen LogP contribution in [-0.4, -0.2) is 15.6 Å². The zero-order valence-electron chi connectivity index (χ0n) is 9.73. The van der Waals surface area contributed by atoms with E-state index in [0.717, 1.165) is 4.68 Å². The first-order valence-electron chi connectivity index (χ1n) is 4.71. The Bertz CT molecular complexity index is 622. The fraction of sp³-hybridized carbons (Fsp3) is 0.0909. The molecule has 1 aromatic carbocycles. The van der Waals surface area contributed by atoms with Crippen molar-refractivity contribution in [3.05, 3.63) is 47.4 Å². The van der Waals surface area contributed by atoms with Crippen molar-refractivity contribution in [2.45, 2.75) is 6.92 Å². The van der Waals surface area contributed by atoms with E-state index >= 15 is 0 Å². The van der Waals surface area contributed by atoms with Gasteiger partial charge >= 0.3 is 18.9 Å². The largest absolute Gasteiger partial charge is 1.00 e. The van der Waals surface area contributed by atoms with Crippen LogP contribution in [0.25, 0.3) is 10.9 Å². The van der Waals surface area contributed by atoms with E-state index in [0.29, 0.717) is 10.9 Å². The van der Waals surface area contributed by atoms with Gasteiger partial charge in [0.05, 0.1) is 10.9 Å². The van der Waals surface area contributed by atoms with Crippen molar-refractivity contribution >= 4 is 16.8 Å². The van der Waals surface area contributed by atoms with Crippen LogP contribution >= 0.6 is 0 Å². The van der Waals surface area contributed by atoms with Crippen molar-refractivity contribution in [2.75, 3.05) is 5.43 Å². The second-order valence-corrected chi connectivity index (χ2v) is 3.35. The Labute approximate surface area is 110 Å². The van der Waals surface area contributed by atoms with Crippen molar-refractivity contribution in [3.63, 3.8) is 0 Å². The third-order valence-electron chi connectivity index (χ3n) is 2.11. The van der Waals surface area contributed by atoms with Crippen LogP contribution < -0.4 is 29.8 Å². The van der Waals surface area contributed by atoms with Crippen LogP contribution in [0.1, 0.15) is 12.7 Å². The molecule has 0 aliphatic carbocycles. The summed E-state index contributed by atoms with van der Waals surface area (Å²) in [6.07, 6.45) is 0. The van der Waals surface area contributed by atoms with Gasteiger partial charge in [-0.1, -0.05) is 12.1 Å². The van der Waals surface area contributed by atoms with E-state index in [2.05, 4.69) is 17.3 Å². The van der Waals surface area contributed by atoms with E-state index in [-0.39, 0.29) is 36.2 Å². The molecule has 0 saturated carbocycles. The van der Waals surface area contributed by atoms with Crippen LogP contribution in [0.2, 0.25) is 0 Å². The number of carbonyl (C=O) groups excluding carboxylic acids is 1. The molecule has 1 amide bonds. The van der Waals surface area contributed by atoms with Gasteiger partial charge in [0.2, 0.25) is 5.91 Å². The molecule has 17 heavy (non-hydrogen) atoms. The van der Waals surface area contributed by atoms with E-state index < -0.39 is 0 Å². The summed E-state index contributed by atoms with van der Waals surface area (Å²) in [4.78, 5) is 27.0. The molecule has 0 aliphatic heterocycles. The van der Waals surface area contributed by atoms with Gasteiger partial charge in [-0.3, -0.25) is 20.0 Å². The molecular weight excluding hydrogens is 213 g/mol. The summed E-state index contributed by atoms with van der Waals surface area (Å²) in [7, 11) is 0. The fourth-order valence-corrected chi connectivity index (χ4v) is 1.45. The Balaban J connectivity index is 0.00000144. The van der Waals surface area contributed by atoms with E-state index in [1.165, 1.54) is 6.92 Å². The Kier molecular flexibility index (Phi) is 4.00. The van der Waals surface area contributed by atoms with Crippen molar-refractivity contribution in [1.29, 1.82) is 0 Å². The summed E-state index contributed by atoms with van der Waals surface area (Å²) in [5.41, 5.74) is 2.61. The van der Waals surface area contributed by atoms with E-state index in [1.807, 2.05) is 0 Å². The Morgan fingerprint density at radius 2 is 2.06 bits per heavy atom. The van der Waals surface area contributed by atoms with Crippen LogP contribution in [0.4, 0.5) is 0 Å². The van der Waals surface area contributed by atoms with Crippen molar-refractivity contribution in [3.8, 4) is 0 Å². The van der Waals surface area contributed by atoms with Crippen LogP contribution in [0.15, 0.2) is 29.1 Å². The van der Waals surface area contributed by atoms with Crippen LogP contribution in [0.5, 0.6) is 0 Å². The SMILES string of the molecule is [CH2-]c1nc2ccccc2c(=O)n1NC(C)=O.[Li+]. The smallest absolute Gasteiger partial charge is 0.338 e. The number of nitrogens with one attached hydrogen (secondary N) is 1. The minimum absolute atomic E-state index is 0. The first-order valence-corrected chi connectivity index (χ1v) is 4.71. The molecule has 0 atom stereocenters. The Morgan fingerprint density at radius 1 is 1.41 bits per heavy atom. The van der Waals surface area contributed by atoms with Gasteiger partial charge in [-0.05, 0) is 18.0 Å². The normalized spacial score (nSPS) is 9.71. The number of para-hydroxylation sites is 1.